The summed E-state index contributed by atoms with van der Waals surface area (Å²) in [7, 11) is 3.62. The van der Waals surface area contributed by atoms with Gasteiger partial charge < -0.3 is 25.6 Å². The third-order valence-corrected chi connectivity index (χ3v) is 11.4. The molecule has 5 aliphatic rings. The monoisotopic (exact) mass is 525 g/mol. The molecule has 2 saturated carbocycles. The van der Waals surface area contributed by atoms with Gasteiger partial charge >= 0.3 is 0 Å². The minimum Gasteiger partial charge on any atom is -0.389 e. The Labute approximate surface area is 221 Å². The van der Waals surface area contributed by atoms with Crippen molar-refractivity contribution in [3.63, 3.8) is 0 Å². The first-order valence-corrected chi connectivity index (χ1v) is 13.9. The number of likely N-dealkylation sites (N-methyl/N-ethyl adjacent to an activating group) is 1. The van der Waals surface area contributed by atoms with E-state index in [1.165, 1.54) is 0 Å². The topological polar surface area (TPSA) is 91.8 Å². The Kier molecular flexibility index (Phi) is 4.93. The molecule has 7 rings (SSSR count). The molecule has 6 nitrogen and oxygen atoms in total. The number of hydrogen-bond acceptors (Lipinski definition) is 6. The first kappa shape index (κ1) is 24.9. The Bertz CT molecular complexity index is 1370. The van der Waals surface area contributed by atoms with Crippen molar-refractivity contribution in [2.75, 3.05) is 19.8 Å². The molecule has 8 heteroatoms. The van der Waals surface area contributed by atoms with Gasteiger partial charge in [-0.05, 0) is 86.7 Å². The summed E-state index contributed by atoms with van der Waals surface area (Å²) in [5.74, 6) is 0.326. The highest BCUT2D eigenvalue weighted by Gasteiger charge is 2.82. The van der Waals surface area contributed by atoms with Crippen LogP contribution in [0.4, 0.5) is 14.6 Å². The average molecular weight is 526 g/mol. The maximum Gasteiger partial charge on any atom is 0.171 e. The van der Waals surface area contributed by atoms with E-state index in [9.17, 15) is 10.2 Å². The van der Waals surface area contributed by atoms with Crippen molar-refractivity contribution < 1.29 is 23.7 Å². The van der Waals surface area contributed by atoms with Crippen molar-refractivity contribution in [2.45, 2.75) is 92.7 Å². The fourth-order valence-electron chi connectivity index (χ4n) is 9.33. The maximum atomic E-state index is 17.3. The number of alkyl halides is 2. The second kappa shape index (κ2) is 7.53. The number of fused-ring (bicyclic) bond motifs is 2. The van der Waals surface area contributed by atoms with Gasteiger partial charge in [0.2, 0.25) is 0 Å². The van der Waals surface area contributed by atoms with E-state index in [2.05, 4.69) is 36.2 Å². The van der Waals surface area contributed by atoms with Crippen molar-refractivity contribution in [2.24, 2.45) is 11.3 Å². The van der Waals surface area contributed by atoms with Crippen LogP contribution in [-0.2, 0) is 4.74 Å². The van der Waals surface area contributed by atoms with Crippen LogP contribution in [0.1, 0.15) is 57.4 Å². The van der Waals surface area contributed by atoms with Crippen LogP contribution in [0, 0.1) is 11.3 Å². The molecular formula is C30H37F2N3O3. The largest absolute Gasteiger partial charge is 0.389 e. The lowest BCUT2D eigenvalue weighted by Gasteiger charge is -2.65. The minimum absolute atomic E-state index is 0.149. The molecule has 38 heavy (non-hydrogen) atoms. The van der Waals surface area contributed by atoms with Crippen LogP contribution in [0.5, 0.6) is 0 Å². The summed E-state index contributed by atoms with van der Waals surface area (Å²) in [6.45, 7) is 2.20. The standard InChI is InChI=1S/C30H37F2N3O3/c1-26-9-10-27(31)16-29(32)24(37)23(36)21(35(2)3)15-28(29)11-12-30(27,38-28)22(26)7-6-20(26)18-5-4-17-8-13-34-25(33)19(17)14-18/h4-6,8,13-14,21-24,36-37H,7,9-12,15-16H2,1-3H3,(H2,33,34)/t21-,22?,23+,24-,26+,27?,28+,29?,30-/m0/s1. The number of rotatable bonds is 2. The van der Waals surface area contributed by atoms with E-state index in [0.29, 0.717) is 31.5 Å². The minimum atomic E-state index is -2.33. The van der Waals surface area contributed by atoms with Crippen LogP contribution < -0.4 is 5.73 Å². The van der Waals surface area contributed by atoms with Crippen LogP contribution in [0.3, 0.4) is 0 Å². The van der Waals surface area contributed by atoms with E-state index in [0.717, 1.165) is 21.9 Å². The lowest BCUT2D eigenvalue weighted by Crippen LogP contribution is -2.78. The van der Waals surface area contributed by atoms with Crippen molar-refractivity contribution >= 4 is 22.2 Å². The lowest BCUT2D eigenvalue weighted by molar-refractivity contribution is -0.347. The molecule has 3 aliphatic carbocycles. The molecule has 1 aromatic carbocycles. The summed E-state index contributed by atoms with van der Waals surface area (Å²) in [4.78, 5) is 6.07. The molecule has 2 aromatic rings. The van der Waals surface area contributed by atoms with Crippen LogP contribution in [0.25, 0.3) is 16.3 Å². The number of aliphatic hydroxyl groups excluding tert-OH is 2. The molecular weight excluding hydrogens is 488 g/mol. The van der Waals surface area contributed by atoms with Gasteiger partial charge in [0.25, 0.3) is 0 Å². The predicted octanol–water partition coefficient (Wildman–Crippen LogP) is 4.18. The molecule has 3 heterocycles. The van der Waals surface area contributed by atoms with Gasteiger partial charge in [-0.2, -0.15) is 0 Å². The van der Waals surface area contributed by atoms with E-state index in [-0.39, 0.29) is 24.2 Å². The van der Waals surface area contributed by atoms with Gasteiger partial charge in [-0.25, -0.2) is 13.8 Å². The van der Waals surface area contributed by atoms with Gasteiger partial charge in [0, 0.05) is 30.0 Å². The Balaban J connectivity index is 1.29. The Morgan fingerprint density at radius 2 is 1.89 bits per heavy atom. The molecule has 2 aliphatic heterocycles. The van der Waals surface area contributed by atoms with Crippen LogP contribution >= 0.6 is 0 Å². The molecule has 2 saturated heterocycles. The van der Waals surface area contributed by atoms with E-state index in [1.807, 2.05) is 25.1 Å². The van der Waals surface area contributed by atoms with E-state index in [4.69, 9.17) is 10.5 Å². The van der Waals surface area contributed by atoms with Crippen molar-refractivity contribution in [3.8, 4) is 0 Å². The lowest BCUT2D eigenvalue weighted by atomic mass is 9.51. The summed E-state index contributed by atoms with van der Waals surface area (Å²) in [5.41, 5.74) is 1.35. The molecule has 4 N–H and O–H groups in total. The van der Waals surface area contributed by atoms with Crippen molar-refractivity contribution in [3.05, 3.63) is 42.1 Å². The normalized spacial score (nSPS) is 47.5. The number of benzene rings is 1. The number of anilines is 1. The molecule has 204 valence electrons. The maximum absolute atomic E-state index is 17.3. The third-order valence-electron chi connectivity index (χ3n) is 11.4. The molecule has 2 bridgehead atoms. The number of allylic oxidation sites excluding steroid dienone is 2. The molecule has 1 aromatic heterocycles. The first-order valence-electron chi connectivity index (χ1n) is 13.9. The summed E-state index contributed by atoms with van der Waals surface area (Å²) in [6, 6.07) is 7.70. The smallest absolute Gasteiger partial charge is 0.171 e. The quantitative estimate of drug-likeness (QED) is 0.545. The summed E-state index contributed by atoms with van der Waals surface area (Å²) in [6.07, 6.45) is 2.81. The molecule has 4 fully saturated rings. The van der Waals surface area contributed by atoms with E-state index in [1.54, 1.807) is 6.20 Å². The number of nitrogen functional groups attached to an aromatic ring is 1. The molecule has 3 unspecified atom stereocenters. The number of ether oxygens (including phenoxy) is 1. The van der Waals surface area contributed by atoms with E-state index < -0.39 is 47.2 Å². The highest BCUT2D eigenvalue weighted by molar-refractivity contribution is 5.93. The van der Waals surface area contributed by atoms with Gasteiger partial charge in [0.1, 0.15) is 28.8 Å². The van der Waals surface area contributed by atoms with Gasteiger partial charge in [-0.1, -0.05) is 25.1 Å². The number of aliphatic hydroxyl groups is 2. The SMILES string of the molecule is CN(C)[C@H]1C[C@@]23CC[C@]4(O2)C2CC=C(c5ccc6ccnc(N)c6c5)[C@@]2(C)CCC4(F)CC3(F)[C@@H](O)[C@@H]1O. The fourth-order valence-corrected chi connectivity index (χ4v) is 9.33. The number of nitrogens with zero attached hydrogens (tertiary/aromatic N) is 2. The second-order valence-electron chi connectivity index (χ2n) is 13.1. The number of aromatic nitrogens is 1. The summed E-state index contributed by atoms with van der Waals surface area (Å²) >= 11 is 0. The average Bonchev–Trinajstić information content (AvgIpc) is 3.42. The molecule has 9 atom stereocenters. The van der Waals surface area contributed by atoms with E-state index >= 15 is 8.78 Å². The Morgan fingerprint density at radius 1 is 1.11 bits per heavy atom. The highest BCUT2D eigenvalue weighted by atomic mass is 19.2. The summed E-state index contributed by atoms with van der Waals surface area (Å²) < 4.78 is 41.0. The van der Waals surface area contributed by atoms with Gasteiger partial charge in [0.05, 0.1) is 6.10 Å². The zero-order chi connectivity index (χ0) is 26.9. The fraction of sp³-hybridized carbons (Fsp3) is 0.633. The number of halogens is 2. The molecule has 0 amide bonds. The number of nitrogens with two attached hydrogens (primary N) is 1. The van der Waals surface area contributed by atoms with Crippen LogP contribution in [-0.4, -0.2) is 75.0 Å². The summed E-state index contributed by atoms with van der Waals surface area (Å²) in [5, 5.41) is 23.8. The highest BCUT2D eigenvalue weighted by Crippen LogP contribution is 2.74. The van der Waals surface area contributed by atoms with Crippen LogP contribution in [0.15, 0.2) is 36.5 Å². The van der Waals surface area contributed by atoms with Crippen molar-refractivity contribution in [1.29, 1.82) is 0 Å². The zero-order valence-corrected chi connectivity index (χ0v) is 22.3. The van der Waals surface area contributed by atoms with Gasteiger partial charge in [0.15, 0.2) is 5.67 Å². The predicted molar refractivity (Wildman–Crippen MR) is 142 cm³/mol. The molecule has 2 spiro atoms. The Hall–Kier alpha value is -2.13. The third kappa shape index (κ3) is 2.77. The second-order valence-corrected chi connectivity index (χ2v) is 13.1. The first-order chi connectivity index (χ1) is 17.9. The number of pyridine rings is 1. The molecule has 0 radical (unpaired) electrons. The van der Waals surface area contributed by atoms with Crippen LogP contribution in [0.2, 0.25) is 0 Å². The van der Waals surface area contributed by atoms with Crippen molar-refractivity contribution in [1.82, 2.24) is 9.88 Å². The zero-order valence-electron chi connectivity index (χ0n) is 22.3. The van der Waals surface area contributed by atoms with Gasteiger partial charge in [-0.3, -0.25) is 0 Å². The number of hydrogen-bond donors (Lipinski definition) is 3. The van der Waals surface area contributed by atoms with Gasteiger partial charge in [-0.15, -0.1) is 0 Å². The Morgan fingerprint density at radius 3 is 2.66 bits per heavy atom.